The standard InChI is InChI=1S/C25H26ClN3O2/c1-2-7-23(30)29(18-19-11-13-22(26)14-12-19)24(21-9-4-3-5-10-21)25(31)28-17-20-8-6-15-27-16-20/h3-6,8-16,24H,2,7,17-18H2,1H3,(H,28,31). The van der Waals surface area contributed by atoms with E-state index in [0.717, 1.165) is 16.7 Å². The SMILES string of the molecule is CCCC(=O)N(Cc1ccc(Cl)cc1)C(C(=O)NCc1cccnc1)c1ccccc1. The molecule has 0 aliphatic carbocycles. The summed E-state index contributed by atoms with van der Waals surface area (Å²) in [6, 6.07) is 19.7. The molecule has 1 unspecified atom stereocenters. The first-order valence-corrected chi connectivity index (χ1v) is 10.7. The van der Waals surface area contributed by atoms with Crippen molar-refractivity contribution in [3.05, 3.63) is 101 Å². The third-order valence-electron chi connectivity index (χ3n) is 4.92. The molecule has 2 aromatic carbocycles. The molecule has 6 heteroatoms. The number of rotatable bonds is 9. The Labute approximate surface area is 188 Å². The summed E-state index contributed by atoms with van der Waals surface area (Å²) in [5, 5.41) is 3.60. The molecule has 1 atom stereocenters. The van der Waals surface area contributed by atoms with Gasteiger partial charge in [-0.15, -0.1) is 0 Å². The van der Waals surface area contributed by atoms with Crippen molar-refractivity contribution in [1.29, 1.82) is 0 Å². The molecular weight excluding hydrogens is 410 g/mol. The molecule has 1 heterocycles. The van der Waals surface area contributed by atoms with Gasteiger partial charge in [0.1, 0.15) is 6.04 Å². The van der Waals surface area contributed by atoms with Gasteiger partial charge in [-0.3, -0.25) is 14.6 Å². The Balaban J connectivity index is 1.91. The maximum atomic E-state index is 13.4. The lowest BCUT2D eigenvalue weighted by Crippen LogP contribution is -2.43. The molecule has 0 saturated heterocycles. The topological polar surface area (TPSA) is 62.3 Å². The fraction of sp³-hybridized carbons (Fsp3) is 0.240. The summed E-state index contributed by atoms with van der Waals surface area (Å²) >= 11 is 6.02. The molecule has 0 radical (unpaired) electrons. The number of pyridine rings is 1. The van der Waals surface area contributed by atoms with Crippen molar-refractivity contribution < 1.29 is 9.59 Å². The minimum Gasteiger partial charge on any atom is -0.350 e. The van der Waals surface area contributed by atoms with E-state index in [4.69, 9.17) is 11.6 Å². The second kappa shape index (κ2) is 11.3. The molecule has 0 aliphatic heterocycles. The van der Waals surface area contributed by atoms with E-state index in [1.807, 2.05) is 61.5 Å². The highest BCUT2D eigenvalue weighted by molar-refractivity contribution is 6.30. The molecule has 0 bridgehead atoms. The zero-order valence-corrected chi connectivity index (χ0v) is 18.3. The van der Waals surface area contributed by atoms with Gasteiger partial charge in [0.25, 0.3) is 0 Å². The van der Waals surface area contributed by atoms with Gasteiger partial charge < -0.3 is 10.2 Å². The molecule has 0 spiro atoms. The van der Waals surface area contributed by atoms with E-state index in [-0.39, 0.29) is 11.8 Å². The predicted octanol–water partition coefficient (Wildman–Crippen LogP) is 4.92. The number of carbonyl (C=O) groups excluding carboxylic acids is 2. The van der Waals surface area contributed by atoms with Crippen LogP contribution in [0, 0.1) is 0 Å². The Morgan fingerprint density at radius 1 is 1.00 bits per heavy atom. The van der Waals surface area contributed by atoms with Crippen molar-refractivity contribution in [2.45, 2.75) is 38.9 Å². The molecule has 1 N–H and O–H groups in total. The van der Waals surface area contributed by atoms with Gasteiger partial charge in [0.05, 0.1) is 0 Å². The van der Waals surface area contributed by atoms with Gasteiger partial charge in [-0.25, -0.2) is 0 Å². The summed E-state index contributed by atoms with van der Waals surface area (Å²) in [5.74, 6) is -0.295. The zero-order valence-electron chi connectivity index (χ0n) is 17.5. The van der Waals surface area contributed by atoms with Crippen molar-refractivity contribution in [3.63, 3.8) is 0 Å². The van der Waals surface area contributed by atoms with E-state index in [1.165, 1.54) is 0 Å². The van der Waals surface area contributed by atoms with E-state index >= 15 is 0 Å². The second-order valence-electron chi connectivity index (χ2n) is 7.29. The number of hydrogen-bond donors (Lipinski definition) is 1. The first-order chi connectivity index (χ1) is 15.1. The molecule has 1 aromatic heterocycles. The van der Waals surface area contributed by atoms with E-state index < -0.39 is 6.04 Å². The Bertz CT molecular complexity index is 979. The van der Waals surface area contributed by atoms with Crippen LogP contribution in [-0.2, 0) is 22.7 Å². The fourth-order valence-electron chi connectivity index (χ4n) is 3.36. The van der Waals surface area contributed by atoms with Crippen LogP contribution in [0.2, 0.25) is 5.02 Å². The lowest BCUT2D eigenvalue weighted by molar-refractivity contribution is -0.141. The number of hydrogen-bond acceptors (Lipinski definition) is 3. The number of amides is 2. The average Bonchev–Trinajstić information content (AvgIpc) is 2.80. The van der Waals surface area contributed by atoms with E-state index in [0.29, 0.717) is 31.0 Å². The minimum absolute atomic E-state index is 0.0668. The number of carbonyl (C=O) groups is 2. The van der Waals surface area contributed by atoms with Gasteiger partial charge in [0.2, 0.25) is 11.8 Å². The average molecular weight is 436 g/mol. The lowest BCUT2D eigenvalue weighted by atomic mass is 10.0. The summed E-state index contributed by atoms with van der Waals surface area (Å²) in [4.78, 5) is 32.2. The molecule has 2 amide bonds. The summed E-state index contributed by atoms with van der Waals surface area (Å²) in [5.41, 5.74) is 2.58. The largest absolute Gasteiger partial charge is 0.350 e. The van der Waals surface area contributed by atoms with Crippen molar-refractivity contribution in [1.82, 2.24) is 15.2 Å². The third kappa shape index (κ3) is 6.40. The van der Waals surface area contributed by atoms with Crippen LogP contribution in [0.4, 0.5) is 0 Å². The van der Waals surface area contributed by atoms with E-state index in [1.54, 1.807) is 29.4 Å². The number of benzene rings is 2. The molecule has 31 heavy (non-hydrogen) atoms. The lowest BCUT2D eigenvalue weighted by Gasteiger charge is -2.31. The van der Waals surface area contributed by atoms with Crippen molar-refractivity contribution in [2.24, 2.45) is 0 Å². The van der Waals surface area contributed by atoms with Gasteiger partial charge in [0.15, 0.2) is 0 Å². The van der Waals surface area contributed by atoms with Crippen LogP contribution in [0.15, 0.2) is 79.1 Å². The zero-order chi connectivity index (χ0) is 22.1. The van der Waals surface area contributed by atoms with Crippen LogP contribution in [-0.4, -0.2) is 21.7 Å². The molecule has 160 valence electrons. The third-order valence-corrected chi connectivity index (χ3v) is 5.17. The summed E-state index contributed by atoms with van der Waals surface area (Å²) < 4.78 is 0. The molecular formula is C25H26ClN3O2. The number of nitrogens with one attached hydrogen (secondary N) is 1. The number of aromatic nitrogens is 1. The molecule has 5 nitrogen and oxygen atoms in total. The Morgan fingerprint density at radius 3 is 2.39 bits per heavy atom. The van der Waals surface area contributed by atoms with E-state index in [2.05, 4.69) is 10.3 Å². The van der Waals surface area contributed by atoms with Gasteiger partial charge >= 0.3 is 0 Å². The normalized spacial score (nSPS) is 11.5. The number of halogens is 1. The molecule has 0 saturated carbocycles. The molecule has 0 fully saturated rings. The predicted molar refractivity (Wildman–Crippen MR) is 122 cm³/mol. The minimum atomic E-state index is -0.743. The summed E-state index contributed by atoms with van der Waals surface area (Å²) in [6.45, 7) is 2.61. The van der Waals surface area contributed by atoms with E-state index in [9.17, 15) is 9.59 Å². The van der Waals surface area contributed by atoms with Crippen molar-refractivity contribution in [3.8, 4) is 0 Å². The van der Waals surface area contributed by atoms with Crippen LogP contribution >= 0.6 is 11.6 Å². The van der Waals surface area contributed by atoms with Crippen LogP contribution in [0.5, 0.6) is 0 Å². The molecule has 3 rings (SSSR count). The summed E-state index contributed by atoms with van der Waals surface area (Å²) in [6.07, 6.45) is 4.47. The fourth-order valence-corrected chi connectivity index (χ4v) is 3.49. The first-order valence-electron chi connectivity index (χ1n) is 10.3. The first kappa shape index (κ1) is 22.5. The molecule has 0 aliphatic rings. The molecule has 3 aromatic rings. The highest BCUT2D eigenvalue weighted by Gasteiger charge is 2.31. The van der Waals surface area contributed by atoms with Gasteiger partial charge in [-0.2, -0.15) is 0 Å². The van der Waals surface area contributed by atoms with Crippen LogP contribution in [0.1, 0.15) is 42.5 Å². The Hall–Kier alpha value is -3.18. The number of nitrogens with zero attached hydrogens (tertiary/aromatic N) is 2. The van der Waals surface area contributed by atoms with Crippen LogP contribution in [0.3, 0.4) is 0 Å². The van der Waals surface area contributed by atoms with Crippen molar-refractivity contribution >= 4 is 23.4 Å². The maximum absolute atomic E-state index is 13.4. The van der Waals surface area contributed by atoms with Crippen molar-refractivity contribution in [2.75, 3.05) is 0 Å². The van der Waals surface area contributed by atoms with Crippen LogP contribution in [0.25, 0.3) is 0 Å². The Morgan fingerprint density at radius 2 is 1.74 bits per heavy atom. The highest BCUT2D eigenvalue weighted by Crippen LogP contribution is 2.25. The maximum Gasteiger partial charge on any atom is 0.247 e. The highest BCUT2D eigenvalue weighted by atomic mass is 35.5. The van der Waals surface area contributed by atoms with Crippen LogP contribution < -0.4 is 5.32 Å². The quantitative estimate of drug-likeness (QED) is 0.518. The monoisotopic (exact) mass is 435 g/mol. The smallest absolute Gasteiger partial charge is 0.247 e. The van der Waals surface area contributed by atoms with Gasteiger partial charge in [-0.05, 0) is 41.3 Å². The Kier molecular flexibility index (Phi) is 8.19. The second-order valence-corrected chi connectivity index (χ2v) is 7.73. The van der Waals surface area contributed by atoms with Gasteiger partial charge in [-0.1, -0.05) is 67.1 Å². The summed E-state index contributed by atoms with van der Waals surface area (Å²) in [7, 11) is 0. The van der Waals surface area contributed by atoms with Gasteiger partial charge in [0, 0.05) is 36.9 Å².